The third kappa shape index (κ3) is 4.16. The number of aliphatic imine (C=N–C) groups is 1. The molecule has 76 valence electrons. The molecule has 1 rings (SSSR count). The number of nitrogens with zero attached hydrogens (tertiary/aromatic N) is 1. The van der Waals surface area contributed by atoms with Crippen molar-refractivity contribution in [3.8, 4) is 0 Å². The summed E-state index contributed by atoms with van der Waals surface area (Å²) in [5.74, 6) is 0. The van der Waals surface area contributed by atoms with Gasteiger partial charge in [0.25, 0.3) is 0 Å². The third-order valence-electron chi connectivity index (χ3n) is 1.82. The Kier molecular flexibility index (Phi) is 4.89. The van der Waals surface area contributed by atoms with Crippen molar-refractivity contribution in [3.05, 3.63) is 35.9 Å². The number of benzene rings is 1. The average molecular weight is 193 g/mol. The molecule has 3 heteroatoms. The van der Waals surface area contributed by atoms with E-state index in [4.69, 9.17) is 5.11 Å². The highest BCUT2D eigenvalue weighted by Gasteiger charge is 1.99. The van der Waals surface area contributed by atoms with Crippen molar-refractivity contribution in [2.24, 2.45) is 4.99 Å². The van der Waals surface area contributed by atoms with E-state index in [1.165, 1.54) is 0 Å². The Bertz CT molecular complexity index is 272. The molecular formula is C11H15NO2. The van der Waals surface area contributed by atoms with Crippen LogP contribution >= 0.6 is 0 Å². The predicted molar refractivity (Wildman–Crippen MR) is 56.6 cm³/mol. The second-order valence-corrected chi connectivity index (χ2v) is 3.07. The van der Waals surface area contributed by atoms with Crippen LogP contribution in [0.3, 0.4) is 0 Å². The minimum absolute atomic E-state index is 0.00201. The zero-order valence-electron chi connectivity index (χ0n) is 8.00. The molecule has 0 saturated heterocycles. The van der Waals surface area contributed by atoms with Gasteiger partial charge in [-0.15, -0.1) is 0 Å². The van der Waals surface area contributed by atoms with Crippen LogP contribution in [0.15, 0.2) is 35.3 Å². The first kappa shape index (κ1) is 10.9. The molecule has 14 heavy (non-hydrogen) atoms. The minimum Gasteiger partial charge on any atom is -0.396 e. The van der Waals surface area contributed by atoms with Crippen molar-refractivity contribution in [2.75, 3.05) is 13.2 Å². The van der Waals surface area contributed by atoms with Gasteiger partial charge in [0.1, 0.15) is 0 Å². The molecule has 3 nitrogen and oxygen atoms in total. The maximum absolute atomic E-state index is 9.25. The highest BCUT2D eigenvalue weighted by atomic mass is 16.3. The molecule has 1 aromatic carbocycles. The molecule has 1 aromatic rings. The van der Waals surface area contributed by atoms with Gasteiger partial charge in [-0.2, -0.15) is 0 Å². The Morgan fingerprint density at radius 3 is 2.64 bits per heavy atom. The van der Waals surface area contributed by atoms with Gasteiger partial charge >= 0.3 is 0 Å². The minimum atomic E-state index is -0.542. The van der Waals surface area contributed by atoms with Gasteiger partial charge in [-0.3, -0.25) is 4.99 Å². The standard InChI is InChI=1S/C11H15NO2/c13-7-6-11(14)9-12-8-10-4-2-1-3-5-10/h1-5,8,11,13-14H,6-7,9H2/t11-/m0/s1. The molecule has 0 aliphatic heterocycles. The van der Waals surface area contributed by atoms with Crippen LogP contribution in [-0.2, 0) is 0 Å². The first-order valence-electron chi connectivity index (χ1n) is 4.66. The summed E-state index contributed by atoms with van der Waals surface area (Å²) in [6.45, 7) is 0.345. The topological polar surface area (TPSA) is 52.8 Å². The zero-order chi connectivity index (χ0) is 10.2. The van der Waals surface area contributed by atoms with E-state index in [1.807, 2.05) is 30.3 Å². The fraction of sp³-hybridized carbons (Fsp3) is 0.364. The fourth-order valence-corrected chi connectivity index (χ4v) is 1.06. The van der Waals surface area contributed by atoms with Crippen molar-refractivity contribution in [2.45, 2.75) is 12.5 Å². The Balaban J connectivity index is 2.34. The maximum Gasteiger partial charge on any atom is 0.0757 e. The lowest BCUT2D eigenvalue weighted by Crippen LogP contribution is -2.12. The molecule has 0 aliphatic carbocycles. The molecule has 0 saturated carbocycles. The SMILES string of the molecule is OCC[C@H](O)CN=Cc1ccccc1. The van der Waals surface area contributed by atoms with E-state index in [0.29, 0.717) is 13.0 Å². The molecule has 0 fully saturated rings. The normalized spacial score (nSPS) is 13.3. The largest absolute Gasteiger partial charge is 0.396 e. The Morgan fingerprint density at radius 1 is 1.29 bits per heavy atom. The van der Waals surface area contributed by atoms with Gasteiger partial charge in [-0.1, -0.05) is 30.3 Å². The first-order valence-corrected chi connectivity index (χ1v) is 4.66. The number of hydrogen-bond donors (Lipinski definition) is 2. The van der Waals surface area contributed by atoms with Crippen molar-refractivity contribution in [1.29, 1.82) is 0 Å². The molecule has 0 unspecified atom stereocenters. The quantitative estimate of drug-likeness (QED) is 0.681. The van der Waals surface area contributed by atoms with E-state index in [1.54, 1.807) is 6.21 Å². The lowest BCUT2D eigenvalue weighted by atomic mass is 10.2. The molecule has 0 aromatic heterocycles. The smallest absolute Gasteiger partial charge is 0.0757 e. The van der Waals surface area contributed by atoms with Crippen LogP contribution in [0, 0.1) is 0 Å². The van der Waals surface area contributed by atoms with Gasteiger partial charge in [-0.05, 0) is 12.0 Å². The lowest BCUT2D eigenvalue weighted by Gasteiger charge is -2.03. The van der Waals surface area contributed by atoms with Gasteiger partial charge < -0.3 is 10.2 Å². The number of aliphatic hydroxyl groups excluding tert-OH is 2. The van der Waals surface area contributed by atoms with Crippen molar-refractivity contribution < 1.29 is 10.2 Å². The van der Waals surface area contributed by atoms with Crippen LogP contribution in [0.4, 0.5) is 0 Å². The summed E-state index contributed by atoms with van der Waals surface area (Å²) in [5.41, 5.74) is 1.02. The summed E-state index contributed by atoms with van der Waals surface area (Å²) in [4.78, 5) is 4.07. The molecule has 0 aliphatic rings. The summed E-state index contributed by atoms with van der Waals surface area (Å²) >= 11 is 0. The molecule has 0 spiro atoms. The van der Waals surface area contributed by atoms with Crippen molar-refractivity contribution >= 4 is 6.21 Å². The predicted octanol–water partition coefficient (Wildman–Crippen LogP) is 0.849. The van der Waals surface area contributed by atoms with E-state index >= 15 is 0 Å². The Hall–Kier alpha value is -1.19. The Morgan fingerprint density at radius 2 is 2.00 bits per heavy atom. The van der Waals surface area contributed by atoms with E-state index in [-0.39, 0.29) is 6.61 Å². The van der Waals surface area contributed by atoms with Gasteiger partial charge in [-0.25, -0.2) is 0 Å². The van der Waals surface area contributed by atoms with E-state index in [2.05, 4.69) is 4.99 Å². The van der Waals surface area contributed by atoms with Crippen LogP contribution in [-0.4, -0.2) is 35.7 Å². The third-order valence-corrected chi connectivity index (χ3v) is 1.82. The maximum atomic E-state index is 9.25. The molecule has 1 atom stereocenters. The number of aliphatic hydroxyl groups is 2. The van der Waals surface area contributed by atoms with Gasteiger partial charge in [0.05, 0.1) is 12.6 Å². The number of rotatable bonds is 5. The molecular weight excluding hydrogens is 178 g/mol. The fourth-order valence-electron chi connectivity index (χ4n) is 1.06. The van der Waals surface area contributed by atoms with E-state index in [9.17, 15) is 5.11 Å². The van der Waals surface area contributed by atoms with Crippen LogP contribution in [0.5, 0.6) is 0 Å². The summed E-state index contributed by atoms with van der Waals surface area (Å²) in [7, 11) is 0. The highest BCUT2D eigenvalue weighted by Crippen LogP contribution is 1.95. The zero-order valence-corrected chi connectivity index (χ0v) is 8.00. The summed E-state index contributed by atoms with van der Waals surface area (Å²) in [6.07, 6.45) is 1.56. The van der Waals surface area contributed by atoms with Crippen LogP contribution in [0.1, 0.15) is 12.0 Å². The lowest BCUT2D eigenvalue weighted by molar-refractivity contribution is 0.140. The monoisotopic (exact) mass is 193 g/mol. The molecule has 0 bridgehead atoms. The van der Waals surface area contributed by atoms with Gasteiger partial charge in [0, 0.05) is 12.8 Å². The summed E-state index contributed by atoms with van der Waals surface area (Å²) < 4.78 is 0. The molecule has 2 N–H and O–H groups in total. The highest BCUT2D eigenvalue weighted by molar-refractivity contribution is 5.79. The van der Waals surface area contributed by atoms with Crippen molar-refractivity contribution in [1.82, 2.24) is 0 Å². The van der Waals surface area contributed by atoms with Gasteiger partial charge in [0.2, 0.25) is 0 Å². The number of hydrogen-bond acceptors (Lipinski definition) is 3. The summed E-state index contributed by atoms with van der Waals surface area (Å²) in [5, 5.41) is 17.8. The van der Waals surface area contributed by atoms with E-state index < -0.39 is 6.10 Å². The van der Waals surface area contributed by atoms with Gasteiger partial charge in [0.15, 0.2) is 0 Å². The molecule has 0 heterocycles. The van der Waals surface area contributed by atoms with Crippen LogP contribution < -0.4 is 0 Å². The van der Waals surface area contributed by atoms with Crippen molar-refractivity contribution in [3.63, 3.8) is 0 Å². The molecule has 0 amide bonds. The second-order valence-electron chi connectivity index (χ2n) is 3.07. The molecule has 0 radical (unpaired) electrons. The van der Waals surface area contributed by atoms with Crippen LogP contribution in [0.25, 0.3) is 0 Å². The summed E-state index contributed by atoms with van der Waals surface area (Å²) in [6, 6.07) is 9.71. The average Bonchev–Trinajstić information content (AvgIpc) is 2.20. The van der Waals surface area contributed by atoms with E-state index in [0.717, 1.165) is 5.56 Å². The first-order chi connectivity index (χ1) is 6.83. The second kappa shape index (κ2) is 6.29. The van der Waals surface area contributed by atoms with Crippen LogP contribution in [0.2, 0.25) is 0 Å². The Labute approximate surface area is 83.7 Å².